The molecule has 0 bridgehead atoms. The number of thioether (sulfide) groups is 1. The third-order valence-corrected chi connectivity index (χ3v) is 4.68. The molecule has 0 spiro atoms. The van der Waals surface area contributed by atoms with Gasteiger partial charge in [0.25, 0.3) is 0 Å². The van der Waals surface area contributed by atoms with E-state index in [0.717, 1.165) is 34.7 Å². The highest BCUT2D eigenvalue weighted by atomic mass is 32.2. The van der Waals surface area contributed by atoms with E-state index >= 15 is 0 Å². The zero-order chi connectivity index (χ0) is 21.2. The maximum absolute atomic E-state index is 10.7. The molecule has 0 atom stereocenters. The summed E-state index contributed by atoms with van der Waals surface area (Å²) in [7, 11) is 1.88. The molecule has 2 aromatic rings. The molecule has 8 heteroatoms. The summed E-state index contributed by atoms with van der Waals surface area (Å²) in [6.45, 7) is 11.8. The fraction of sp³-hybridized carbons (Fsp3) is 0.238. The van der Waals surface area contributed by atoms with Crippen LogP contribution in [0.1, 0.15) is 30.3 Å². The van der Waals surface area contributed by atoms with Crippen molar-refractivity contribution >= 4 is 28.0 Å². The summed E-state index contributed by atoms with van der Waals surface area (Å²) >= 11 is 1.53. The van der Waals surface area contributed by atoms with Crippen LogP contribution < -0.4 is 10.7 Å². The molecule has 0 fully saturated rings. The lowest BCUT2D eigenvalue weighted by atomic mass is 10.1. The van der Waals surface area contributed by atoms with Crippen LogP contribution in [-0.2, 0) is 6.42 Å². The summed E-state index contributed by atoms with van der Waals surface area (Å²) in [5, 5.41) is 9.63. The first-order chi connectivity index (χ1) is 14.0. The second-order valence-corrected chi connectivity index (χ2v) is 7.28. The highest BCUT2D eigenvalue weighted by Crippen LogP contribution is 2.30. The largest absolute Gasteiger partial charge is 0.340 e. The van der Waals surface area contributed by atoms with Crippen LogP contribution in [0.3, 0.4) is 0 Å². The number of rotatable bonds is 11. The lowest BCUT2D eigenvalue weighted by Gasteiger charge is -2.22. The minimum Gasteiger partial charge on any atom is -0.340 e. The number of pyridine rings is 2. The van der Waals surface area contributed by atoms with Crippen molar-refractivity contribution in [3.05, 3.63) is 83.0 Å². The number of aryl methyl sites for hydroxylation is 2. The summed E-state index contributed by atoms with van der Waals surface area (Å²) in [4.78, 5) is 20.4. The number of nitrogens with zero attached hydrogens (tertiary/aromatic N) is 4. The van der Waals surface area contributed by atoms with Crippen molar-refractivity contribution in [2.75, 3.05) is 12.4 Å². The molecule has 0 aliphatic carbocycles. The van der Waals surface area contributed by atoms with Gasteiger partial charge in [-0.1, -0.05) is 44.3 Å². The Hall–Kier alpha value is -3.13. The maximum atomic E-state index is 10.7. The molecule has 2 N–H and O–H groups in total. The van der Waals surface area contributed by atoms with Gasteiger partial charge in [0.1, 0.15) is 11.5 Å². The second kappa shape index (κ2) is 11.0. The minimum absolute atomic E-state index is 0.254. The van der Waals surface area contributed by atoms with E-state index in [1.807, 2.05) is 32.4 Å². The standard InChI is InChI=1S/C21H26N6OS/c1-6-9-19-18(10-8-11-22-19)21(29-7-2)14-27(5)25-16(4)24-20-12-17(26-28)13-23-15(20)3/h7-8,10-14,24-25H,2,4,6,9H2,1,3,5H3/b21-14-. The molecule has 0 unspecified atom stereocenters. The van der Waals surface area contributed by atoms with Crippen molar-refractivity contribution < 1.29 is 0 Å². The van der Waals surface area contributed by atoms with E-state index in [4.69, 9.17) is 0 Å². The molecular weight excluding hydrogens is 384 g/mol. The van der Waals surface area contributed by atoms with Gasteiger partial charge < -0.3 is 5.32 Å². The average molecular weight is 411 g/mol. The Morgan fingerprint density at radius 3 is 2.90 bits per heavy atom. The molecule has 0 aliphatic rings. The fourth-order valence-electron chi connectivity index (χ4n) is 2.66. The van der Waals surface area contributed by atoms with E-state index in [1.165, 1.54) is 18.0 Å². The van der Waals surface area contributed by atoms with Gasteiger partial charge in [0.2, 0.25) is 0 Å². The third-order valence-electron chi connectivity index (χ3n) is 3.94. The van der Waals surface area contributed by atoms with Crippen molar-refractivity contribution in [2.24, 2.45) is 5.18 Å². The number of aromatic nitrogens is 2. The Labute approximate surface area is 176 Å². The summed E-state index contributed by atoms with van der Waals surface area (Å²) in [5.41, 5.74) is 6.94. The molecule has 29 heavy (non-hydrogen) atoms. The van der Waals surface area contributed by atoms with E-state index in [0.29, 0.717) is 11.5 Å². The van der Waals surface area contributed by atoms with Gasteiger partial charge in [0.05, 0.1) is 17.6 Å². The zero-order valence-corrected chi connectivity index (χ0v) is 17.8. The molecule has 7 nitrogen and oxygen atoms in total. The van der Waals surface area contributed by atoms with Crippen molar-refractivity contribution in [3.63, 3.8) is 0 Å². The summed E-state index contributed by atoms with van der Waals surface area (Å²) < 4.78 is 0. The van der Waals surface area contributed by atoms with Crippen molar-refractivity contribution in [2.45, 2.75) is 26.7 Å². The molecule has 2 aromatic heterocycles. The molecule has 0 saturated heterocycles. The van der Waals surface area contributed by atoms with Gasteiger partial charge in [-0.15, -0.1) is 4.91 Å². The van der Waals surface area contributed by atoms with Crippen LogP contribution in [-0.4, -0.2) is 22.0 Å². The molecular formula is C21H26N6OS. The summed E-state index contributed by atoms with van der Waals surface area (Å²) in [5.74, 6) is 0.527. The van der Waals surface area contributed by atoms with Gasteiger partial charge in [0.15, 0.2) is 0 Å². The molecule has 2 rings (SSSR count). The van der Waals surface area contributed by atoms with Crippen LogP contribution in [0.2, 0.25) is 0 Å². The zero-order valence-electron chi connectivity index (χ0n) is 17.0. The third kappa shape index (κ3) is 6.46. The number of nitroso groups, excluding NO2 is 1. The molecule has 0 aromatic carbocycles. The summed E-state index contributed by atoms with van der Waals surface area (Å²) in [6, 6.07) is 5.63. The molecule has 2 heterocycles. The monoisotopic (exact) mass is 410 g/mol. The van der Waals surface area contributed by atoms with Crippen molar-refractivity contribution in [1.82, 2.24) is 20.4 Å². The fourth-order valence-corrected chi connectivity index (χ4v) is 3.37. The highest BCUT2D eigenvalue weighted by Gasteiger charge is 2.10. The van der Waals surface area contributed by atoms with Crippen LogP contribution in [0.4, 0.5) is 11.4 Å². The van der Waals surface area contributed by atoms with E-state index < -0.39 is 0 Å². The molecule has 152 valence electrons. The first-order valence-corrected chi connectivity index (χ1v) is 10.1. The predicted octanol–water partition coefficient (Wildman–Crippen LogP) is 5.33. The van der Waals surface area contributed by atoms with Crippen LogP contribution in [0.15, 0.2) is 66.4 Å². The smallest absolute Gasteiger partial charge is 0.128 e. The lowest BCUT2D eigenvalue weighted by Crippen LogP contribution is -2.32. The number of hydrogen-bond donors (Lipinski definition) is 2. The Balaban J connectivity index is 2.16. The Bertz CT molecular complexity index is 912. The van der Waals surface area contributed by atoms with Crippen LogP contribution in [0.5, 0.6) is 0 Å². The number of anilines is 1. The molecule has 0 radical (unpaired) electrons. The normalized spacial score (nSPS) is 10.9. The Morgan fingerprint density at radius 1 is 1.41 bits per heavy atom. The molecule has 0 amide bonds. The number of hydrogen-bond acceptors (Lipinski definition) is 8. The van der Waals surface area contributed by atoms with Gasteiger partial charge in [-0.2, -0.15) is 0 Å². The Morgan fingerprint density at radius 2 is 2.21 bits per heavy atom. The van der Waals surface area contributed by atoms with Crippen molar-refractivity contribution in [3.8, 4) is 0 Å². The van der Waals surface area contributed by atoms with Gasteiger partial charge >= 0.3 is 0 Å². The maximum Gasteiger partial charge on any atom is 0.128 e. The first-order valence-electron chi connectivity index (χ1n) is 9.17. The molecule has 0 saturated carbocycles. The SMILES string of the molecule is C=CS/C(=C\N(C)NC(=C)Nc1cc(N=O)cnc1C)c1cccnc1CCC. The molecule has 0 aliphatic heterocycles. The number of hydrazine groups is 1. The van der Waals surface area contributed by atoms with E-state index in [9.17, 15) is 4.91 Å². The van der Waals surface area contributed by atoms with Gasteiger partial charge in [0, 0.05) is 35.6 Å². The highest BCUT2D eigenvalue weighted by molar-refractivity contribution is 8.10. The van der Waals surface area contributed by atoms with E-state index in [-0.39, 0.29) is 5.69 Å². The van der Waals surface area contributed by atoms with E-state index in [1.54, 1.807) is 16.5 Å². The predicted molar refractivity (Wildman–Crippen MR) is 122 cm³/mol. The quantitative estimate of drug-likeness (QED) is 0.383. The second-order valence-electron chi connectivity index (χ2n) is 6.27. The minimum atomic E-state index is 0.254. The van der Waals surface area contributed by atoms with Crippen molar-refractivity contribution in [1.29, 1.82) is 0 Å². The van der Waals surface area contributed by atoms with Crippen LogP contribution in [0.25, 0.3) is 4.91 Å². The Kier molecular flexibility index (Phi) is 8.42. The first kappa shape index (κ1) is 22.2. The summed E-state index contributed by atoms with van der Waals surface area (Å²) in [6.07, 6.45) is 7.14. The topological polar surface area (TPSA) is 82.5 Å². The average Bonchev–Trinajstić information content (AvgIpc) is 2.70. The lowest BCUT2D eigenvalue weighted by molar-refractivity contribution is 0.375. The number of nitrogens with one attached hydrogen (secondary N) is 2. The van der Waals surface area contributed by atoms with Crippen LogP contribution >= 0.6 is 11.8 Å². The van der Waals surface area contributed by atoms with Gasteiger partial charge in [-0.25, -0.2) is 0 Å². The van der Waals surface area contributed by atoms with Gasteiger partial charge in [-0.05, 0) is 36.1 Å². The van der Waals surface area contributed by atoms with Crippen LogP contribution in [0, 0.1) is 11.8 Å². The van der Waals surface area contributed by atoms with Gasteiger partial charge in [-0.3, -0.25) is 20.4 Å². The van der Waals surface area contributed by atoms with E-state index in [2.05, 4.69) is 52.0 Å².